The summed E-state index contributed by atoms with van der Waals surface area (Å²) in [6.45, 7) is 2.94. The molecule has 0 bridgehead atoms. The molecular formula is C17H25NO. The Morgan fingerprint density at radius 2 is 2.00 bits per heavy atom. The first kappa shape index (κ1) is 14.3. The molecule has 2 nitrogen and oxygen atoms in total. The maximum absolute atomic E-state index is 12.5. The van der Waals surface area contributed by atoms with Crippen LogP contribution < -0.4 is 5.73 Å². The lowest BCUT2D eigenvalue weighted by atomic mass is 9.78. The highest BCUT2D eigenvalue weighted by Gasteiger charge is 2.26. The molecule has 2 N–H and O–H groups in total. The van der Waals surface area contributed by atoms with E-state index in [2.05, 4.69) is 19.1 Å². The van der Waals surface area contributed by atoms with Crippen molar-refractivity contribution in [2.24, 2.45) is 17.6 Å². The Morgan fingerprint density at radius 3 is 2.63 bits per heavy atom. The molecule has 2 heteroatoms. The minimum absolute atomic E-state index is 0.222. The molecule has 0 spiro atoms. The van der Waals surface area contributed by atoms with Gasteiger partial charge < -0.3 is 5.73 Å². The van der Waals surface area contributed by atoms with E-state index in [1.54, 1.807) is 0 Å². The van der Waals surface area contributed by atoms with E-state index in [4.69, 9.17) is 5.73 Å². The van der Waals surface area contributed by atoms with Crippen LogP contribution in [0.5, 0.6) is 0 Å². The zero-order valence-electron chi connectivity index (χ0n) is 11.9. The molecule has 1 saturated carbocycles. The van der Waals surface area contributed by atoms with Gasteiger partial charge in [0, 0.05) is 11.5 Å². The number of hydrogen-bond donors (Lipinski definition) is 1. The Kier molecular flexibility index (Phi) is 5.15. The maximum Gasteiger partial charge on any atom is 0.165 e. The summed E-state index contributed by atoms with van der Waals surface area (Å²) in [5, 5.41) is 0. The second-order valence-corrected chi connectivity index (χ2v) is 5.77. The summed E-state index contributed by atoms with van der Waals surface area (Å²) in [4.78, 5) is 12.5. The monoisotopic (exact) mass is 259 g/mol. The number of carbonyl (C=O) groups is 1. The third-order valence-corrected chi connectivity index (χ3v) is 4.30. The number of Topliss-reactive ketones (excluding diaryl/α,β-unsaturated/α-hetero) is 1. The van der Waals surface area contributed by atoms with E-state index in [9.17, 15) is 4.79 Å². The first-order chi connectivity index (χ1) is 9.24. The average molecular weight is 259 g/mol. The third kappa shape index (κ3) is 3.66. The molecule has 0 radical (unpaired) electrons. The van der Waals surface area contributed by atoms with Gasteiger partial charge in [-0.3, -0.25) is 4.79 Å². The molecule has 1 aromatic rings. The quantitative estimate of drug-likeness (QED) is 0.821. The number of nitrogens with two attached hydrogens (primary N) is 1. The Hall–Kier alpha value is -1.15. The average Bonchev–Trinajstić information content (AvgIpc) is 2.47. The number of hydrogen-bond acceptors (Lipinski definition) is 2. The first-order valence-corrected chi connectivity index (χ1v) is 7.57. The second-order valence-electron chi connectivity index (χ2n) is 5.77. The van der Waals surface area contributed by atoms with Crippen molar-refractivity contribution in [1.29, 1.82) is 0 Å². The van der Waals surface area contributed by atoms with Crippen molar-refractivity contribution in [2.75, 3.05) is 6.54 Å². The summed E-state index contributed by atoms with van der Waals surface area (Å²) in [5.74, 6) is 1.20. The highest BCUT2D eigenvalue weighted by atomic mass is 16.1. The van der Waals surface area contributed by atoms with Gasteiger partial charge in [0.05, 0.1) is 0 Å². The number of carbonyl (C=O) groups excluding carboxylic acids is 1. The van der Waals surface area contributed by atoms with Gasteiger partial charge in [-0.2, -0.15) is 0 Å². The summed E-state index contributed by atoms with van der Waals surface area (Å²) >= 11 is 0. The summed E-state index contributed by atoms with van der Waals surface area (Å²) < 4.78 is 0. The van der Waals surface area contributed by atoms with Crippen molar-refractivity contribution >= 4 is 5.78 Å². The molecule has 0 unspecified atom stereocenters. The SMILES string of the molecule is CCCc1cccc(C(=O)C2CCC(CN)CC2)c1. The van der Waals surface area contributed by atoms with Crippen LogP contribution in [0, 0.1) is 11.8 Å². The van der Waals surface area contributed by atoms with Gasteiger partial charge in [-0.15, -0.1) is 0 Å². The van der Waals surface area contributed by atoms with Crippen LogP contribution in [0.4, 0.5) is 0 Å². The van der Waals surface area contributed by atoms with E-state index < -0.39 is 0 Å². The second kappa shape index (κ2) is 6.85. The van der Waals surface area contributed by atoms with Crippen molar-refractivity contribution in [3.63, 3.8) is 0 Å². The molecule has 1 aromatic carbocycles. The van der Waals surface area contributed by atoms with Crippen LogP contribution in [0.25, 0.3) is 0 Å². The van der Waals surface area contributed by atoms with Gasteiger partial charge in [0.2, 0.25) is 0 Å². The lowest BCUT2D eigenvalue weighted by Crippen LogP contribution is -2.25. The van der Waals surface area contributed by atoms with Gasteiger partial charge in [0.1, 0.15) is 0 Å². The topological polar surface area (TPSA) is 43.1 Å². The Morgan fingerprint density at radius 1 is 1.26 bits per heavy atom. The first-order valence-electron chi connectivity index (χ1n) is 7.57. The predicted octanol–water partition coefficient (Wildman–Crippen LogP) is 3.59. The zero-order valence-corrected chi connectivity index (χ0v) is 11.9. The molecule has 0 amide bonds. The van der Waals surface area contributed by atoms with Gasteiger partial charge in [0.15, 0.2) is 5.78 Å². The van der Waals surface area contributed by atoms with Crippen molar-refractivity contribution < 1.29 is 4.79 Å². The van der Waals surface area contributed by atoms with Crippen LogP contribution in [0.3, 0.4) is 0 Å². The lowest BCUT2D eigenvalue weighted by Gasteiger charge is -2.26. The van der Waals surface area contributed by atoms with Crippen molar-refractivity contribution in [2.45, 2.75) is 45.4 Å². The van der Waals surface area contributed by atoms with Crippen LogP contribution in [0.15, 0.2) is 24.3 Å². The minimum atomic E-state index is 0.222. The molecule has 1 aliphatic rings. The van der Waals surface area contributed by atoms with Gasteiger partial charge in [0.25, 0.3) is 0 Å². The Balaban J connectivity index is 2.01. The number of ketones is 1. The number of rotatable bonds is 5. The molecule has 0 saturated heterocycles. The summed E-state index contributed by atoms with van der Waals surface area (Å²) in [6.07, 6.45) is 6.43. The van der Waals surface area contributed by atoms with E-state index in [1.165, 1.54) is 5.56 Å². The highest BCUT2D eigenvalue weighted by Crippen LogP contribution is 2.30. The Labute approximate surface area is 116 Å². The smallest absolute Gasteiger partial charge is 0.165 e. The Bertz CT molecular complexity index is 419. The molecule has 0 aliphatic heterocycles. The van der Waals surface area contributed by atoms with E-state index in [0.717, 1.165) is 50.6 Å². The summed E-state index contributed by atoms with van der Waals surface area (Å²) in [6, 6.07) is 8.19. The van der Waals surface area contributed by atoms with E-state index >= 15 is 0 Å². The van der Waals surface area contributed by atoms with Gasteiger partial charge in [-0.25, -0.2) is 0 Å². The lowest BCUT2D eigenvalue weighted by molar-refractivity contribution is 0.0873. The fourth-order valence-corrected chi connectivity index (χ4v) is 3.06. The van der Waals surface area contributed by atoms with E-state index in [0.29, 0.717) is 11.7 Å². The fraction of sp³-hybridized carbons (Fsp3) is 0.588. The third-order valence-electron chi connectivity index (χ3n) is 4.30. The van der Waals surface area contributed by atoms with E-state index in [-0.39, 0.29) is 5.92 Å². The normalized spacial score (nSPS) is 23.3. The highest BCUT2D eigenvalue weighted by molar-refractivity contribution is 5.98. The van der Waals surface area contributed by atoms with Gasteiger partial charge >= 0.3 is 0 Å². The molecule has 19 heavy (non-hydrogen) atoms. The van der Waals surface area contributed by atoms with Crippen LogP contribution >= 0.6 is 0 Å². The molecule has 1 fully saturated rings. The standard InChI is InChI=1S/C17H25NO/c1-2-4-13-5-3-6-16(11-13)17(19)15-9-7-14(12-18)8-10-15/h3,5-6,11,14-15H,2,4,7-10,12,18H2,1H3. The van der Waals surface area contributed by atoms with Gasteiger partial charge in [-0.05, 0) is 56.2 Å². The molecule has 1 aliphatic carbocycles. The minimum Gasteiger partial charge on any atom is -0.330 e. The van der Waals surface area contributed by atoms with Crippen LogP contribution in [-0.2, 0) is 6.42 Å². The molecule has 104 valence electrons. The van der Waals surface area contributed by atoms with Crippen LogP contribution in [0.1, 0.15) is 54.9 Å². The number of aryl methyl sites for hydroxylation is 1. The fourth-order valence-electron chi connectivity index (χ4n) is 3.06. The summed E-state index contributed by atoms with van der Waals surface area (Å²) in [5.41, 5.74) is 7.89. The molecule has 2 rings (SSSR count). The summed E-state index contributed by atoms with van der Waals surface area (Å²) in [7, 11) is 0. The molecule has 0 heterocycles. The zero-order chi connectivity index (χ0) is 13.7. The van der Waals surface area contributed by atoms with Crippen molar-refractivity contribution in [1.82, 2.24) is 0 Å². The molecular weight excluding hydrogens is 234 g/mol. The van der Waals surface area contributed by atoms with Crippen LogP contribution in [0.2, 0.25) is 0 Å². The molecule has 0 aromatic heterocycles. The number of benzene rings is 1. The van der Waals surface area contributed by atoms with Crippen molar-refractivity contribution in [3.8, 4) is 0 Å². The van der Waals surface area contributed by atoms with Crippen LogP contribution in [-0.4, -0.2) is 12.3 Å². The molecule has 0 atom stereocenters. The van der Waals surface area contributed by atoms with Crippen molar-refractivity contribution in [3.05, 3.63) is 35.4 Å². The maximum atomic E-state index is 12.5. The van der Waals surface area contributed by atoms with Gasteiger partial charge in [-0.1, -0.05) is 31.5 Å². The predicted molar refractivity (Wildman–Crippen MR) is 79.3 cm³/mol. The van der Waals surface area contributed by atoms with E-state index in [1.807, 2.05) is 12.1 Å². The largest absolute Gasteiger partial charge is 0.330 e.